The van der Waals surface area contributed by atoms with Gasteiger partial charge in [-0.1, -0.05) is 0 Å². The number of hydrogen-bond acceptors (Lipinski definition) is 5. The second-order valence-electron chi connectivity index (χ2n) is 4.50. The fourth-order valence-corrected chi connectivity index (χ4v) is 2.38. The molecule has 0 radical (unpaired) electrons. The van der Waals surface area contributed by atoms with Crippen molar-refractivity contribution in [3.8, 4) is 0 Å². The van der Waals surface area contributed by atoms with Crippen LogP contribution in [0.5, 0.6) is 0 Å². The highest BCUT2D eigenvalue weighted by atomic mass is 32.2. The van der Waals surface area contributed by atoms with Crippen LogP contribution in [0, 0.1) is 0 Å². The Bertz CT molecular complexity index is 382. The Morgan fingerprint density at radius 1 is 1.50 bits per heavy atom. The van der Waals surface area contributed by atoms with Crippen LogP contribution in [0.15, 0.2) is 0 Å². The van der Waals surface area contributed by atoms with Gasteiger partial charge in [0, 0.05) is 20.7 Å². The minimum absolute atomic E-state index is 0.0559. The monoisotopic (exact) mass is 280 g/mol. The Morgan fingerprint density at radius 3 is 2.72 bits per heavy atom. The third kappa shape index (κ3) is 5.30. The first-order valence-corrected chi connectivity index (χ1v) is 7.55. The van der Waals surface area contributed by atoms with Gasteiger partial charge in [-0.15, -0.1) is 0 Å². The fourth-order valence-electron chi connectivity index (χ4n) is 1.61. The number of hydrogen-bond donors (Lipinski definition) is 1. The first-order valence-electron chi connectivity index (χ1n) is 5.66. The third-order valence-corrected chi connectivity index (χ3v) is 3.31. The normalized spacial score (nSPS) is 24.8. The number of rotatable bonds is 5. The SMILES string of the molecule is CN(C)C(=O)CO[C@H]1CCOC[C@H]1NS(C)(=O)=O. The van der Waals surface area contributed by atoms with Crippen LogP contribution in [0.25, 0.3) is 0 Å². The third-order valence-electron chi connectivity index (χ3n) is 2.58. The molecule has 8 heteroatoms. The average molecular weight is 280 g/mol. The molecular formula is C10H20N2O5S. The van der Waals surface area contributed by atoms with Gasteiger partial charge in [0.15, 0.2) is 0 Å². The van der Waals surface area contributed by atoms with Gasteiger partial charge in [0.2, 0.25) is 15.9 Å². The van der Waals surface area contributed by atoms with Gasteiger partial charge in [0.25, 0.3) is 0 Å². The Morgan fingerprint density at radius 2 is 2.17 bits per heavy atom. The van der Waals surface area contributed by atoms with Crippen molar-refractivity contribution >= 4 is 15.9 Å². The molecule has 0 saturated carbocycles. The Balaban J connectivity index is 2.52. The number of carbonyl (C=O) groups excluding carboxylic acids is 1. The largest absolute Gasteiger partial charge is 0.380 e. The van der Waals surface area contributed by atoms with Crippen molar-refractivity contribution in [2.75, 3.05) is 40.2 Å². The molecule has 2 atom stereocenters. The topological polar surface area (TPSA) is 84.9 Å². The first-order chi connectivity index (χ1) is 8.29. The van der Waals surface area contributed by atoms with Crippen LogP contribution in [-0.2, 0) is 24.3 Å². The summed E-state index contributed by atoms with van der Waals surface area (Å²) in [6, 6.07) is -0.441. The maximum Gasteiger partial charge on any atom is 0.248 e. The highest BCUT2D eigenvalue weighted by Gasteiger charge is 2.29. The standard InChI is InChI=1S/C10H20N2O5S/c1-12(2)10(13)7-17-9-4-5-16-6-8(9)11-18(3,14)15/h8-9,11H,4-7H2,1-3H3/t8-,9+/m1/s1. The van der Waals surface area contributed by atoms with Crippen molar-refractivity contribution in [2.45, 2.75) is 18.6 Å². The number of likely N-dealkylation sites (N-methyl/N-ethyl adjacent to an activating group) is 1. The Hall–Kier alpha value is -0.700. The molecule has 1 N–H and O–H groups in total. The molecule has 1 rings (SSSR count). The van der Waals surface area contributed by atoms with Gasteiger partial charge in [-0.25, -0.2) is 13.1 Å². The molecule has 1 fully saturated rings. The van der Waals surface area contributed by atoms with E-state index in [1.807, 2.05) is 0 Å². The van der Waals surface area contributed by atoms with Crippen LogP contribution in [0.1, 0.15) is 6.42 Å². The Kier molecular flexibility index (Phi) is 5.51. The number of sulfonamides is 1. The summed E-state index contributed by atoms with van der Waals surface area (Å²) in [5.74, 6) is -0.153. The summed E-state index contributed by atoms with van der Waals surface area (Å²) in [5.41, 5.74) is 0. The molecule has 1 aliphatic heterocycles. The highest BCUT2D eigenvalue weighted by molar-refractivity contribution is 7.88. The lowest BCUT2D eigenvalue weighted by atomic mass is 10.1. The molecule has 0 aliphatic carbocycles. The summed E-state index contributed by atoms with van der Waals surface area (Å²) in [6.45, 7) is 0.705. The number of ether oxygens (including phenoxy) is 2. The van der Waals surface area contributed by atoms with Crippen molar-refractivity contribution in [3.05, 3.63) is 0 Å². The Labute approximate surface area is 107 Å². The molecule has 1 saturated heterocycles. The molecule has 0 spiro atoms. The van der Waals surface area contributed by atoms with Crippen molar-refractivity contribution < 1.29 is 22.7 Å². The van der Waals surface area contributed by atoms with Crippen molar-refractivity contribution in [1.82, 2.24) is 9.62 Å². The summed E-state index contributed by atoms with van der Waals surface area (Å²) in [5, 5.41) is 0. The molecule has 18 heavy (non-hydrogen) atoms. The quantitative estimate of drug-likeness (QED) is 0.683. The number of nitrogens with one attached hydrogen (secondary N) is 1. The highest BCUT2D eigenvalue weighted by Crippen LogP contribution is 2.12. The molecule has 0 aromatic rings. The predicted molar refractivity (Wildman–Crippen MR) is 65.6 cm³/mol. The van der Waals surface area contributed by atoms with Crippen LogP contribution in [0.3, 0.4) is 0 Å². The molecule has 1 aliphatic rings. The van der Waals surface area contributed by atoms with E-state index >= 15 is 0 Å². The van der Waals surface area contributed by atoms with Gasteiger partial charge >= 0.3 is 0 Å². The number of carbonyl (C=O) groups is 1. The zero-order chi connectivity index (χ0) is 13.8. The molecule has 7 nitrogen and oxygen atoms in total. The van der Waals surface area contributed by atoms with Gasteiger partial charge in [0.1, 0.15) is 6.61 Å². The smallest absolute Gasteiger partial charge is 0.248 e. The van der Waals surface area contributed by atoms with E-state index in [-0.39, 0.29) is 25.2 Å². The van der Waals surface area contributed by atoms with E-state index in [4.69, 9.17) is 9.47 Å². The maximum atomic E-state index is 11.4. The van der Waals surface area contributed by atoms with Crippen LogP contribution >= 0.6 is 0 Å². The summed E-state index contributed by atoms with van der Waals surface area (Å²) in [6.07, 6.45) is 1.31. The maximum absolute atomic E-state index is 11.4. The van der Waals surface area contributed by atoms with E-state index in [0.29, 0.717) is 13.0 Å². The molecule has 1 heterocycles. The lowest BCUT2D eigenvalue weighted by Crippen LogP contribution is -2.50. The molecule has 106 valence electrons. The van der Waals surface area contributed by atoms with Crippen molar-refractivity contribution in [1.29, 1.82) is 0 Å². The van der Waals surface area contributed by atoms with Crippen molar-refractivity contribution in [3.63, 3.8) is 0 Å². The van der Waals surface area contributed by atoms with Gasteiger partial charge in [0.05, 0.1) is 25.0 Å². The number of nitrogens with zero attached hydrogens (tertiary/aromatic N) is 1. The van der Waals surface area contributed by atoms with E-state index in [9.17, 15) is 13.2 Å². The molecule has 1 amide bonds. The van der Waals surface area contributed by atoms with E-state index in [0.717, 1.165) is 6.26 Å². The zero-order valence-corrected chi connectivity index (χ0v) is 11.7. The molecule has 0 bridgehead atoms. The van der Waals surface area contributed by atoms with Crippen molar-refractivity contribution in [2.24, 2.45) is 0 Å². The van der Waals surface area contributed by atoms with Gasteiger partial charge in [-0.2, -0.15) is 0 Å². The first kappa shape index (κ1) is 15.4. The van der Waals surface area contributed by atoms with E-state index in [1.54, 1.807) is 14.1 Å². The summed E-state index contributed by atoms with van der Waals surface area (Å²) >= 11 is 0. The summed E-state index contributed by atoms with van der Waals surface area (Å²) < 4.78 is 35.5. The lowest BCUT2D eigenvalue weighted by Gasteiger charge is -2.31. The van der Waals surface area contributed by atoms with Gasteiger partial charge in [-0.3, -0.25) is 4.79 Å². The number of amides is 1. The molecule has 0 unspecified atom stereocenters. The van der Waals surface area contributed by atoms with Gasteiger partial charge in [-0.05, 0) is 6.42 Å². The zero-order valence-electron chi connectivity index (χ0n) is 10.9. The van der Waals surface area contributed by atoms with E-state index < -0.39 is 16.1 Å². The second kappa shape index (κ2) is 6.46. The fraction of sp³-hybridized carbons (Fsp3) is 0.900. The second-order valence-corrected chi connectivity index (χ2v) is 6.28. The minimum atomic E-state index is -3.32. The summed E-state index contributed by atoms with van der Waals surface area (Å²) in [4.78, 5) is 12.8. The molecular weight excluding hydrogens is 260 g/mol. The average Bonchev–Trinajstić information content (AvgIpc) is 2.25. The van der Waals surface area contributed by atoms with Gasteiger partial charge < -0.3 is 14.4 Å². The minimum Gasteiger partial charge on any atom is -0.380 e. The predicted octanol–water partition coefficient (Wildman–Crippen LogP) is -1.20. The molecule has 0 aromatic heterocycles. The van der Waals surface area contributed by atoms with Crippen LogP contribution in [-0.4, -0.2) is 71.5 Å². The summed E-state index contributed by atoms with van der Waals surface area (Å²) in [7, 11) is -0.0353. The lowest BCUT2D eigenvalue weighted by molar-refractivity contribution is -0.138. The molecule has 0 aromatic carbocycles. The van der Waals surface area contributed by atoms with E-state index in [2.05, 4.69) is 4.72 Å². The van der Waals surface area contributed by atoms with Crippen LogP contribution < -0.4 is 4.72 Å². The van der Waals surface area contributed by atoms with E-state index in [1.165, 1.54) is 4.90 Å². The van der Waals surface area contributed by atoms with Crippen LogP contribution in [0.4, 0.5) is 0 Å². The van der Waals surface area contributed by atoms with Crippen LogP contribution in [0.2, 0.25) is 0 Å².